The van der Waals surface area contributed by atoms with Gasteiger partial charge in [-0.15, -0.1) is 0 Å². The van der Waals surface area contributed by atoms with Crippen LogP contribution in [0.25, 0.3) is 11.1 Å². The van der Waals surface area contributed by atoms with Gasteiger partial charge in [-0.25, -0.2) is 9.97 Å². The van der Waals surface area contributed by atoms with Crippen LogP contribution in [0.3, 0.4) is 0 Å². The largest absolute Gasteiger partial charge is 0.497 e. The van der Waals surface area contributed by atoms with Crippen LogP contribution >= 0.6 is 0 Å². The second-order valence-electron chi connectivity index (χ2n) is 4.77. The first kappa shape index (κ1) is 14.1. The molecule has 7 heteroatoms. The van der Waals surface area contributed by atoms with Gasteiger partial charge in [-0.1, -0.05) is 0 Å². The summed E-state index contributed by atoms with van der Waals surface area (Å²) >= 11 is 0. The third-order valence-electron chi connectivity index (χ3n) is 3.15. The van der Waals surface area contributed by atoms with Gasteiger partial charge in [0.2, 0.25) is 11.7 Å². The Balaban J connectivity index is 1.73. The number of amides is 1. The van der Waals surface area contributed by atoms with Gasteiger partial charge in [-0.3, -0.25) is 4.79 Å². The molecule has 0 radical (unpaired) electrons. The van der Waals surface area contributed by atoms with E-state index in [1.807, 2.05) is 0 Å². The van der Waals surface area contributed by atoms with Crippen molar-refractivity contribution in [3.63, 3.8) is 0 Å². The molecule has 0 atom stereocenters. The number of rotatable bonds is 4. The minimum absolute atomic E-state index is 0.162. The number of nitrogens with zero attached hydrogens (tertiary/aromatic N) is 2. The van der Waals surface area contributed by atoms with Crippen molar-refractivity contribution in [3.05, 3.63) is 41.4 Å². The fraction of sp³-hybridized carbons (Fsp3) is 0.267. The molecule has 7 nitrogen and oxygen atoms in total. The van der Waals surface area contributed by atoms with Gasteiger partial charge < -0.3 is 18.9 Å². The van der Waals surface area contributed by atoms with Crippen molar-refractivity contribution in [2.45, 2.75) is 20.4 Å². The van der Waals surface area contributed by atoms with Crippen LogP contribution in [0.15, 0.2) is 27.0 Å². The van der Waals surface area contributed by atoms with E-state index in [2.05, 4.69) is 15.3 Å². The average Bonchev–Trinajstić information content (AvgIpc) is 3.06. The van der Waals surface area contributed by atoms with Crippen LogP contribution in [0.2, 0.25) is 0 Å². The first-order valence-corrected chi connectivity index (χ1v) is 6.72. The Morgan fingerprint density at radius 3 is 2.77 bits per heavy atom. The average molecular weight is 301 g/mol. The fourth-order valence-electron chi connectivity index (χ4n) is 2.14. The lowest BCUT2D eigenvalue weighted by molar-refractivity contribution is 0.0917. The third kappa shape index (κ3) is 2.65. The first-order chi connectivity index (χ1) is 10.6. The van der Waals surface area contributed by atoms with Gasteiger partial charge in [0, 0.05) is 13.0 Å². The van der Waals surface area contributed by atoms with Crippen LogP contribution < -0.4 is 10.1 Å². The van der Waals surface area contributed by atoms with E-state index in [0.717, 1.165) is 0 Å². The van der Waals surface area contributed by atoms with E-state index in [4.69, 9.17) is 13.6 Å². The van der Waals surface area contributed by atoms with Gasteiger partial charge in [-0.2, -0.15) is 0 Å². The Bertz CT molecular complexity index is 835. The molecule has 0 aliphatic carbocycles. The highest BCUT2D eigenvalue weighted by molar-refractivity contribution is 5.92. The SMILES string of the molecule is COc1ccc2oc(CNC(=O)c3oc(C)nc3C)nc2c1. The number of carbonyl (C=O) groups is 1. The van der Waals surface area contributed by atoms with Crippen molar-refractivity contribution in [2.75, 3.05) is 7.11 Å². The predicted molar refractivity (Wildman–Crippen MR) is 77.7 cm³/mol. The molecule has 0 spiro atoms. The number of oxazole rings is 2. The minimum Gasteiger partial charge on any atom is -0.497 e. The molecular formula is C15H15N3O4. The second-order valence-corrected chi connectivity index (χ2v) is 4.77. The Hall–Kier alpha value is -2.83. The molecule has 0 aliphatic rings. The number of nitrogens with one attached hydrogen (secondary N) is 1. The number of ether oxygens (including phenoxy) is 1. The van der Waals surface area contributed by atoms with Crippen LogP contribution in [0.4, 0.5) is 0 Å². The van der Waals surface area contributed by atoms with E-state index in [9.17, 15) is 4.79 Å². The number of benzene rings is 1. The summed E-state index contributed by atoms with van der Waals surface area (Å²) in [6, 6.07) is 5.33. The van der Waals surface area contributed by atoms with Crippen LogP contribution in [0.5, 0.6) is 5.75 Å². The predicted octanol–water partition coefficient (Wildman–Crippen LogP) is 2.37. The van der Waals surface area contributed by atoms with Crippen molar-refractivity contribution in [1.29, 1.82) is 0 Å². The normalized spacial score (nSPS) is 10.9. The zero-order chi connectivity index (χ0) is 15.7. The lowest BCUT2D eigenvalue weighted by Gasteiger charge is -1.99. The van der Waals surface area contributed by atoms with Crippen LogP contribution in [0, 0.1) is 13.8 Å². The Kier molecular flexibility index (Phi) is 3.54. The summed E-state index contributed by atoms with van der Waals surface area (Å²) in [7, 11) is 1.59. The maximum atomic E-state index is 12.0. The van der Waals surface area contributed by atoms with Crippen molar-refractivity contribution in [1.82, 2.24) is 15.3 Å². The molecule has 1 aromatic carbocycles. The van der Waals surface area contributed by atoms with Gasteiger partial charge in [0.15, 0.2) is 11.5 Å². The van der Waals surface area contributed by atoms with Crippen LogP contribution in [0.1, 0.15) is 28.0 Å². The van der Waals surface area contributed by atoms with Gasteiger partial charge >= 0.3 is 0 Å². The molecule has 2 heterocycles. The lowest BCUT2D eigenvalue weighted by atomic mass is 10.3. The standard InChI is InChI=1S/C15H15N3O4/c1-8-14(21-9(2)17-8)15(19)16-7-13-18-11-6-10(20-3)4-5-12(11)22-13/h4-6H,7H2,1-3H3,(H,16,19). The molecule has 2 aromatic heterocycles. The molecule has 0 saturated heterocycles. The smallest absolute Gasteiger partial charge is 0.289 e. The van der Waals surface area contributed by atoms with E-state index in [1.165, 1.54) is 0 Å². The van der Waals surface area contributed by atoms with Gasteiger partial charge in [0.05, 0.1) is 19.3 Å². The highest BCUT2D eigenvalue weighted by atomic mass is 16.5. The molecule has 0 aliphatic heterocycles. The molecule has 0 unspecified atom stereocenters. The summed E-state index contributed by atoms with van der Waals surface area (Å²) in [5, 5.41) is 2.70. The Morgan fingerprint density at radius 1 is 1.27 bits per heavy atom. The Morgan fingerprint density at radius 2 is 2.09 bits per heavy atom. The highest BCUT2D eigenvalue weighted by Gasteiger charge is 2.16. The fourth-order valence-corrected chi connectivity index (χ4v) is 2.14. The summed E-state index contributed by atoms with van der Waals surface area (Å²) in [5.74, 6) is 1.42. The number of hydrogen-bond donors (Lipinski definition) is 1. The molecule has 0 bridgehead atoms. The van der Waals surface area contributed by atoms with Crippen molar-refractivity contribution in [2.24, 2.45) is 0 Å². The summed E-state index contributed by atoms with van der Waals surface area (Å²) in [5.41, 5.74) is 1.87. The highest BCUT2D eigenvalue weighted by Crippen LogP contribution is 2.21. The summed E-state index contributed by atoms with van der Waals surface area (Å²) in [6.07, 6.45) is 0. The van der Waals surface area contributed by atoms with E-state index >= 15 is 0 Å². The summed E-state index contributed by atoms with van der Waals surface area (Å²) < 4.78 is 16.0. The number of aromatic nitrogens is 2. The van der Waals surface area contributed by atoms with Gasteiger partial charge in [-0.05, 0) is 19.1 Å². The van der Waals surface area contributed by atoms with Crippen LogP contribution in [-0.4, -0.2) is 23.0 Å². The molecule has 0 saturated carbocycles. The number of carbonyl (C=O) groups excluding carboxylic acids is 1. The molecule has 3 rings (SSSR count). The molecular weight excluding hydrogens is 286 g/mol. The van der Waals surface area contributed by atoms with Gasteiger partial charge in [0.1, 0.15) is 11.3 Å². The van der Waals surface area contributed by atoms with E-state index in [0.29, 0.717) is 34.3 Å². The summed E-state index contributed by atoms with van der Waals surface area (Å²) in [4.78, 5) is 20.4. The second kappa shape index (κ2) is 5.51. The van der Waals surface area contributed by atoms with E-state index < -0.39 is 0 Å². The molecule has 0 fully saturated rings. The van der Waals surface area contributed by atoms with E-state index in [-0.39, 0.29) is 18.2 Å². The summed E-state index contributed by atoms with van der Waals surface area (Å²) in [6.45, 7) is 3.57. The minimum atomic E-state index is -0.349. The monoisotopic (exact) mass is 301 g/mol. The van der Waals surface area contributed by atoms with Crippen molar-refractivity contribution in [3.8, 4) is 5.75 Å². The van der Waals surface area contributed by atoms with Gasteiger partial charge in [0.25, 0.3) is 5.91 Å². The number of aryl methyl sites for hydroxylation is 2. The molecule has 114 valence electrons. The van der Waals surface area contributed by atoms with Crippen LogP contribution in [-0.2, 0) is 6.54 Å². The lowest BCUT2D eigenvalue weighted by Crippen LogP contribution is -2.23. The quantitative estimate of drug-likeness (QED) is 0.795. The molecule has 1 amide bonds. The van der Waals surface area contributed by atoms with E-state index in [1.54, 1.807) is 39.2 Å². The van der Waals surface area contributed by atoms with Crippen molar-refractivity contribution < 1.29 is 18.4 Å². The Labute approximate surface area is 126 Å². The van der Waals surface area contributed by atoms with Crippen molar-refractivity contribution >= 4 is 17.0 Å². The molecule has 1 N–H and O–H groups in total. The number of methoxy groups -OCH3 is 1. The zero-order valence-electron chi connectivity index (χ0n) is 12.5. The number of hydrogen-bond acceptors (Lipinski definition) is 6. The maximum Gasteiger partial charge on any atom is 0.289 e. The molecule has 22 heavy (non-hydrogen) atoms. The first-order valence-electron chi connectivity index (χ1n) is 6.72. The zero-order valence-corrected chi connectivity index (χ0v) is 12.5. The molecule has 3 aromatic rings. The maximum absolute atomic E-state index is 12.0. The number of fused-ring (bicyclic) bond motifs is 1. The third-order valence-corrected chi connectivity index (χ3v) is 3.15. The topological polar surface area (TPSA) is 90.4 Å².